The summed E-state index contributed by atoms with van der Waals surface area (Å²) in [5, 5.41) is 75.7. The van der Waals surface area contributed by atoms with Crippen molar-refractivity contribution in [3.63, 3.8) is 0 Å². The van der Waals surface area contributed by atoms with Crippen molar-refractivity contribution in [2.75, 3.05) is 20.3 Å². The molecule has 0 aromatic heterocycles. The summed E-state index contributed by atoms with van der Waals surface area (Å²) < 4.78 is 35.0. The number of fused-ring (bicyclic) bond motifs is 5. The number of aliphatic hydroxyl groups excluding tert-OH is 6. The molecule has 3 heterocycles. The fourth-order valence-corrected chi connectivity index (χ4v) is 11.6. The first-order valence-electron chi connectivity index (χ1n) is 18.4. The Morgan fingerprint density at radius 2 is 1.62 bits per heavy atom. The average Bonchev–Trinajstić information content (AvgIpc) is 3.58. The Labute approximate surface area is 292 Å². The Bertz CT molecular complexity index is 1300. The predicted octanol–water partition coefficient (Wildman–Crippen LogP) is -0.0948. The highest BCUT2D eigenvalue weighted by Crippen LogP contribution is 2.70. The number of cyclic esters (lactones) is 1. The molecule has 7 rings (SSSR count). The lowest BCUT2D eigenvalue weighted by Crippen LogP contribution is -2.64. The van der Waals surface area contributed by atoms with E-state index in [4.69, 9.17) is 28.4 Å². The van der Waals surface area contributed by atoms with Crippen LogP contribution in [0, 0.1) is 34.5 Å². The molecule has 14 heteroatoms. The molecule has 7 aliphatic rings. The van der Waals surface area contributed by atoms with E-state index in [1.54, 1.807) is 13.0 Å². The highest BCUT2D eigenvalue weighted by Gasteiger charge is 2.70. The van der Waals surface area contributed by atoms with Gasteiger partial charge in [0.05, 0.1) is 30.5 Å². The average molecular weight is 713 g/mol. The molecule has 0 unspecified atom stereocenters. The summed E-state index contributed by atoms with van der Waals surface area (Å²) >= 11 is 0. The van der Waals surface area contributed by atoms with Crippen molar-refractivity contribution in [3.05, 3.63) is 11.6 Å². The molecule has 4 aliphatic carbocycles. The normalized spacial score (nSPS) is 55.1. The maximum Gasteiger partial charge on any atom is 0.334 e. The Hall–Kier alpha value is -1.27. The molecule has 4 saturated carbocycles. The van der Waals surface area contributed by atoms with Crippen LogP contribution in [0.5, 0.6) is 0 Å². The number of hydrogen-bond acceptors (Lipinski definition) is 14. The molecule has 0 amide bonds. The highest BCUT2D eigenvalue weighted by molar-refractivity contribution is 5.91. The van der Waals surface area contributed by atoms with Crippen LogP contribution in [0.4, 0.5) is 0 Å². The number of hydrogen-bond donors (Lipinski definition) is 7. The summed E-state index contributed by atoms with van der Waals surface area (Å²) in [6.45, 7) is 5.73. The number of aliphatic hydroxyl groups is 7. The smallest absolute Gasteiger partial charge is 0.334 e. The molecule has 2 saturated heterocycles. The van der Waals surface area contributed by atoms with Crippen LogP contribution in [0.2, 0.25) is 0 Å². The third kappa shape index (κ3) is 5.63. The van der Waals surface area contributed by atoms with Gasteiger partial charge in [-0.05, 0) is 81.1 Å². The van der Waals surface area contributed by atoms with E-state index in [2.05, 4.69) is 13.8 Å². The molecule has 19 atom stereocenters. The number of carbonyl (C=O) groups excluding carboxylic acids is 1. The van der Waals surface area contributed by atoms with Crippen LogP contribution in [0.3, 0.4) is 0 Å². The quantitative estimate of drug-likeness (QED) is 0.136. The SMILES string of the molecule is CO[C@@H]1[C@@H](O)[C@H](O[C@H]2CC[C@@]3(C)[C@H](CC[C@@H]4[C@@H]3CC[C@]3(C)[C@H](C5=CCOC5=O)[C@@H](O)C[C@]43O)C2)O[C@H](C)[C@@H]1O[C@@H]1O[C@H](CO)[C@@H](O)[C@H](O)[C@H]1O. The topological polar surface area (TPSA) is 214 Å². The number of carbonyl (C=O) groups is 1. The summed E-state index contributed by atoms with van der Waals surface area (Å²) in [7, 11) is 1.42. The van der Waals surface area contributed by atoms with Crippen molar-refractivity contribution in [2.45, 2.75) is 151 Å². The standard InChI is InChI=1S/C36H56O14/c1-16-29(50-32-27(41)26(40)25(39)23(15-37)49-32)30(45-4)28(42)33(47-16)48-18-7-10-34(2)17(13-18)5-6-21-20(34)8-11-35(3)24(19-9-12-46-31(19)43)22(38)14-36(21,35)44/h9,16-18,20-30,32-33,37-42,44H,5-8,10-15H2,1-4H3/t16-,17-,18+,20+,21-,22+,23-,24-,25-,26+,27-,28-,29+,30-,32+,33+,34+,35-,36+/m1/s1. The van der Waals surface area contributed by atoms with E-state index in [9.17, 15) is 40.5 Å². The van der Waals surface area contributed by atoms with Gasteiger partial charge in [-0.3, -0.25) is 0 Å². The molecule has 0 bridgehead atoms. The van der Waals surface area contributed by atoms with E-state index in [0.717, 1.165) is 38.5 Å². The molecule has 0 aromatic carbocycles. The molecule has 14 nitrogen and oxygen atoms in total. The lowest BCUT2D eigenvalue weighted by molar-refractivity contribution is -0.362. The van der Waals surface area contributed by atoms with Gasteiger partial charge in [0.25, 0.3) is 0 Å². The third-order valence-corrected chi connectivity index (χ3v) is 14.4. The molecule has 0 spiro atoms. The van der Waals surface area contributed by atoms with Crippen LogP contribution < -0.4 is 0 Å². The van der Waals surface area contributed by atoms with Gasteiger partial charge in [0.2, 0.25) is 0 Å². The first-order chi connectivity index (χ1) is 23.7. The summed E-state index contributed by atoms with van der Waals surface area (Å²) in [6.07, 6.45) is -5.43. The van der Waals surface area contributed by atoms with E-state index in [0.29, 0.717) is 17.9 Å². The second-order valence-electron chi connectivity index (χ2n) is 16.6. The summed E-state index contributed by atoms with van der Waals surface area (Å²) in [6, 6.07) is 0. The van der Waals surface area contributed by atoms with Crippen LogP contribution in [0.25, 0.3) is 0 Å². The lowest BCUT2D eigenvalue weighted by atomic mass is 9.43. The maximum atomic E-state index is 12.6. The Balaban J connectivity index is 1.00. The van der Waals surface area contributed by atoms with E-state index in [1.165, 1.54) is 7.11 Å². The summed E-state index contributed by atoms with van der Waals surface area (Å²) in [5.41, 5.74) is -1.26. The number of rotatable bonds is 7. The Morgan fingerprint density at radius 1 is 0.880 bits per heavy atom. The van der Waals surface area contributed by atoms with Crippen LogP contribution in [0.1, 0.15) is 72.1 Å². The monoisotopic (exact) mass is 712 g/mol. The van der Waals surface area contributed by atoms with Crippen molar-refractivity contribution in [2.24, 2.45) is 34.5 Å². The van der Waals surface area contributed by atoms with Crippen LogP contribution in [-0.2, 0) is 33.2 Å². The van der Waals surface area contributed by atoms with E-state index in [1.807, 2.05) is 0 Å². The van der Waals surface area contributed by atoms with Crippen molar-refractivity contribution in [1.29, 1.82) is 0 Å². The predicted molar refractivity (Wildman–Crippen MR) is 172 cm³/mol. The van der Waals surface area contributed by atoms with Gasteiger partial charge in [0.1, 0.15) is 49.3 Å². The minimum Gasteiger partial charge on any atom is -0.458 e. The van der Waals surface area contributed by atoms with Gasteiger partial charge in [-0.15, -0.1) is 0 Å². The van der Waals surface area contributed by atoms with Crippen LogP contribution in [0.15, 0.2) is 11.6 Å². The van der Waals surface area contributed by atoms with E-state index >= 15 is 0 Å². The van der Waals surface area contributed by atoms with Gasteiger partial charge in [-0.1, -0.05) is 13.8 Å². The number of ether oxygens (including phenoxy) is 6. The van der Waals surface area contributed by atoms with Crippen molar-refractivity contribution >= 4 is 5.97 Å². The molecular weight excluding hydrogens is 656 g/mol. The maximum absolute atomic E-state index is 12.6. The van der Waals surface area contributed by atoms with Crippen molar-refractivity contribution in [1.82, 2.24) is 0 Å². The van der Waals surface area contributed by atoms with E-state index < -0.39 is 91.1 Å². The van der Waals surface area contributed by atoms with Crippen molar-refractivity contribution < 1.29 is 69.0 Å². The van der Waals surface area contributed by atoms with Gasteiger partial charge in [-0.25, -0.2) is 4.79 Å². The molecular formula is C36H56O14. The summed E-state index contributed by atoms with van der Waals surface area (Å²) in [5.74, 6) is -0.245. The second-order valence-corrected chi connectivity index (χ2v) is 16.6. The molecule has 284 valence electrons. The zero-order chi connectivity index (χ0) is 35.9. The molecule has 50 heavy (non-hydrogen) atoms. The number of esters is 1. The van der Waals surface area contributed by atoms with Crippen LogP contribution in [-0.4, -0.2) is 141 Å². The zero-order valence-corrected chi connectivity index (χ0v) is 29.4. The molecule has 7 N–H and O–H groups in total. The molecule has 0 radical (unpaired) electrons. The van der Waals surface area contributed by atoms with Crippen molar-refractivity contribution in [3.8, 4) is 0 Å². The zero-order valence-electron chi connectivity index (χ0n) is 29.4. The first kappa shape index (κ1) is 37.1. The fourth-order valence-electron chi connectivity index (χ4n) is 11.6. The molecule has 3 aliphatic heterocycles. The van der Waals surface area contributed by atoms with Gasteiger partial charge in [0.15, 0.2) is 12.6 Å². The van der Waals surface area contributed by atoms with E-state index in [-0.39, 0.29) is 42.4 Å². The minimum atomic E-state index is -1.61. The first-order valence-corrected chi connectivity index (χ1v) is 18.4. The Morgan fingerprint density at radius 3 is 2.30 bits per heavy atom. The summed E-state index contributed by atoms with van der Waals surface area (Å²) in [4.78, 5) is 12.6. The minimum absolute atomic E-state index is 0.00471. The molecule has 6 fully saturated rings. The van der Waals surface area contributed by atoms with Gasteiger partial charge < -0.3 is 64.2 Å². The van der Waals surface area contributed by atoms with Gasteiger partial charge in [-0.2, -0.15) is 0 Å². The second kappa shape index (κ2) is 13.5. The molecule has 0 aromatic rings. The van der Waals surface area contributed by atoms with Gasteiger partial charge >= 0.3 is 5.97 Å². The fraction of sp³-hybridized carbons (Fsp3) is 0.917. The van der Waals surface area contributed by atoms with Gasteiger partial charge in [0, 0.05) is 30.4 Å². The number of methoxy groups -OCH3 is 1. The third-order valence-electron chi connectivity index (χ3n) is 14.4. The highest BCUT2D eigenvalue weighted by atomic mass is 16.7. The Kier molecular flexibility index (Phi) is 10.0. The lowest BCUT2D eigenvalue weighted by Gasteiger charge is -2.63. The van der Waals surface area contributed by atoms with Crippen LogP contribution >= 0.6 is 0 Å². The largest absolute Gasteiger partial charge is 0.458 e.